The quantitative estimate of drug-likeness (QED) is 0.512. The van der Waals surface area contributed by atoms with Gasteiger partial charge in [0.2, 0.25) is 5.91 Å². The number of amides is 2. The van der Waals surface area contributed by atoms with Crippen LogP contribution < -0.4 is 10.6 Å². The first-order valence-corrected chi connectivity index (χ1v) is 9.79. The van der Waals surface area contributed by atoms with Crippen LogP contribution in [0.1, 0.15) is 33.6 Å². The van der Waals surface area contributed by atoms with Crippen LogP contribution in [0.2, 0.25) is 0 Å². The van der Waals surface area contributed by atoms with Gasteiger partial charge in [-0.25, -0.2) is 0 Å². The zero-order chi connectivity index (χ0) is 21.3. The molecule has 0 saturated carbocycles. The van der Waals surface area contributed by atoms with Gasteiger partial charge in [-0.2, -0.15) is 0 Å². The van der Waals surface area contributed by atoms with E-state index >= 15 is 0 Å². The molecule has 1 aliphatic heterocycles. The zero-order valence-electron chi connectivity index (χ0n) is 16.1. The molecule has 1 fully saturated rings. The summed E-state index contributed by atoms with van der Waals surface area (Å²) in [5.41, 5.74) is -1.08. The molecule has 0 bridgehead atoms. The molecular formula is C17H26N2O8S. The number of aliphatic carboxylic acids is 1. The number of thioether (sulfide) groups is 1. The molecule has 0 aromatic rings. The summed E-state index contributed by atoms with van der Waals surface area (Å²) < 4.78 is 10.4. The molecule has 2 atom stereocenters. The third kappa shape index (κ3) is 8.15. The maximum atomic E-state index is 12.6. The number of carbonyl (C=O) groups is 5. The fourth-order valence-corrected chi connectivity index (χ4v) is 3.32. The van der Waals surface area contributed by atoms with E-state index in [0.29, 0.717) is 5.75 Å². The Morgan fingerprint density at radius 1 is 1.25 bits per heavy atom. The van der Waals surface area contributed by atoms with Crippen LogP contribution >= 0.6 is 11.8 Å². The van der Waals surface area contributed by atoms with E-state index < -0.39 is 47.0 Å². The minimum atomic E-state index is -1.33. The summed E-state index contributed by atoms with van der Waals surface area (Å²) in [5, 5.41) is 13.2. The number of ether oxygens (including phenoxy) is 2. The number of carboxylic acids is 1. The SMILES string of the molecule is CC(=O)OCC(C)(C)[C@H]1OC(=O)C(CC(=O)O)SCCNC(=O)CCNC1=O. The zero-order valence-corrected chi connectivity index (χ0v) is 16.9. The molecule has 0 aliphatic carbocycles. The number of hydrogen-bond acceptors (Lipinski definition) is 8. The number of carboxylic acid groups (broad SMARTS) is 1. The van der Waals surface area contributed by atoms with E-state index in [2.05, 4.69) is 10.6 Å². The lowest BCUT2D eigenvalue weighted by molar-refractivity contribution is -0.168. The Kier molecular flexibility index (Phi) is 9.23. The maximum absolute atomic E-state index is 12.6. The molecule has 11 heteroatoms. The summed E-state index contributed by atoms with van der Waals surface area (Å²) in [4.78, 5) is 59.1. The van der Waals surface area contributed by atoms with Gasteiger partial charge in [-0.3, -0.25) is 24.0 Å². The average molecular weight is 418 g/mol. The lowest BCUT2D eigenvalue weighted by Gasteiger charge is -2.32. The van der Waals surface area contributed by atoms with Gasteiger partial charge in [-0.15, -0.1) is 11.8 Å². The van der Waals surface area contributed by atoms with Crippen molar-refractivity contribution in [3.8, 4) is 0 Å². The first-order valence-electron chi connectivity index (χ1n) is 8.74. The molecule has 158 valence electrons. The number of nitrogens with one attached hydrogen (secondary N) is 2. The second-order valence-corrected chi connectivity index (χ2v) is 8.24. The molecule has 1 unspecified atom stereocenters. The van der Waals surface area contributed by atoms with Crippen molar-refractivity contribution < 1.29 is 38.6 Å². The molecule has 0 aromatic carbocycles. The second kappa shape index (κ2) is 10.9. The van der Waals surface area contributed by atoms with Crippen molar-refractivity contribution in [2.75, 3.05) is 25.4 Å². The van der Waals surface area contributed by atoms with Gasteiger partial charge in [-0.1, -0.05) is 13.8 Å². The maximum Gasteiger partial charge on any atom is 0.320 e. The first kappa shape index (κ1) is 23.7. The van der Waals surface area contributed by atoms with Gasteiger partial charge in [0.15, 0.2) is 6.10 Å². The van der Waals surface area contributed by atoms with Crippen molar-refractivity contribution in [2.45, 2.75) is 45.0 Å². The van der Waals surface area contributed by atoms with Gasteiger partial charge in [-0.05, 0) is 0 Å². The summed E-state index contributed by atoms with van der Waals surface area (Å²) in [6.07, 6.45) is -1.78. The fraction of sp³-hybridized carbons (Fsp3) is 0.706. The van der Waals surface area contributed by atoms with Crippen LogP contribution in [0.25, 0.3) is 0 Å². The Bertz CT molecular complexity index is 622. The molecule has 3 N–H and O–H groups in total. The van der Waals surface area contributed by atoms with E-state index in [-0.39, 0.29) is 32.0 Å². The van der Waals surface area contributed by atoms with Crippen LogP contribution in [-0.4, -0.2) is 71.6 Å². The molecule has 1 heterocycles. The Hall–Kier alpha value is -2.30. The van der Waals surface area contributed by atoms with E-state index in [1.807, 2.05) is 0 Å². The predicted octanol–water partition coefficient (Wildman–Crippen LogP) is -0.300. The highest BCUT2D eigenvalue weighted by Gasteiger charge is 2.41. The van der Waals surface area contributed by atoms with Crippen molar-refractivity contribution in [3.63, 3.8) is 0 Å². The van der Waals surface area contributed by atoms with Gasteiger partial charge in [0, 0.05) is 37.6 Å². The number of cyclic esters (lactones) is 1. The highest BCUT2D eigenvalue weighted by atomic mass is 32.2. The predicted molar refractivity (Wildman–Crippen MR) is 99.4 cm³/mol. The third-order valence-corrected chi connectivity index (χ3v) is 5.05. The molecule has 28 heavy (non-hydrogen) atoms. The molecular weight excluding hydrogens is 392 g/mol. The van der Waals surface area contributed by atoms with E-state index in [1.165, 1.54) is 6.92 Å². The van der Waals surface area contributed by atoms with Crippen molar-refractivity contribution in [3.05, 3.63) is 0 Å². The molecule has 0 aromatic heterocycles. The Morgan fingerprint density at radius 3 is 2.54 bits per heavy atom. The Morgan fingerprint density at radius 2 is 1.93 bits per heavy atom. The van der Waals surface area contributed by atoms with Gasteiger partial charge in [0.25, 0.3) is 5.91 Å². The molecule has 2 amide bonds. The minimum absolute atomic E-state index is 0.0358. The van der Waals surface area contributed by atoms with Gasteiger partial charge in [0.1, 0.15) is 11.9 Å². The monoisotopic (exact) mass is 418 g/mol. The lowest BCUT2D eigenvalue weighted by Crippen LogP contribution is -2.50. The average Bonchev–Trinajstić information content (AvgIpc) is 2.59. The standard InChI is InChI=1S/C17H26N2O8S/c1-10(20)26-9-17(2,3)14-15(24)19-5-4-12(21)18-6-7-28-11(8-13(22)23)16(25)27-14/h11,14H,4-9H2,1-3H3,(H,18,21)(H,19,24)(H,22,23)/t11?,14-/m0/s1. The second-order valence-electron chi connectivity index (χ2n) is 6.93. The van der Waals surface area contributed by atoms with Crippen molar-refractivity contribution in [1.29, 1.82) is 0 Å². The van der Waals surface area contributed by atoms with E-state index in [9.17, 15) is 24.0 Å². The summed E-state index contributed by atoms with van der Waals surface area (Å²) in [6.45, 7) is 4.47. The number of rotatable bonds is 5. The molecule has 1 saturated heterocycles. The summed E-state index contributed by atoms with van der Waals surface area (Å²) in [6, 6.07) is 0. The summed E-state index contributed by atoms with van der Waals surface area (Å²) in [7, 11) is 0. The van der Waals surface area contributed by atoms with Crippen LogP contribution in [-0.2, 0) is 33.4 Å². The number of carbonyl (C=O) groups excluding carboxylic acids is 4. The highest BCUT2D eigenvalue weighted by Crippen LogP contribution is 2.27. The van der Waals surface area contributed by atoms with Gasteiger partial charge >= 0.3 is 17.9 Å². The fourth-order valence-electron chi connectivity index (χ4n) is 2.36. The number of hydrogen-bond donors (Lipinski definition) is 3. The Balaban J connectivity index is 3.08. The summed E-state index contributed by atoms with van der Waals surface area (Å²) >= 11 is 1.03. The van der Waals surface area contributed by atoms with Crippen LogP contribution in [0.4, 0.5) is 0 Å². The molecule has 1 rings (SSSR count). The van der Waals surface area contributed by atoms with Crippen LogP contribution in [0.15, 0.2) is 0 Å². The molecule has 0 spiro atoms. The normalized spacial score (nSPS) is 22.5. The highest BCUT2D eigenvalue weighted by molar-refractivity contribution is 8.00. The molecule has 10 nitrogen and oxygen atoms in total. The topological polar surface area (TPSA) is 148 Å². The Labute approximate surface area is 167 Å². The van der Waals surface area contributed by atoms with Gasteiger partial charge in [0.05, 0.1) is 6.42 Å². The molecule has 0 radical (unpaired) electrons. The third-order valence-electron chi connectivity index (χ3n) is 3.85. The van der Waals surface area contributed by atoms with Crippen LogP contribution in [0.3, 0.4) is 0 Å². The lowest BCUT2D eigenvalue weighted by atomic mass is 9.86. The van der Waals surface area contributed by atoms with E-state index in [4.69, 9.17) is 14.6 Å². The smallest absolute Gasteiger partial charge is 0.320 e. The largest absolute Gasteiger partial charge is 0.481 e. The van der Waals surface area contributed by atoms with E-state index in [1.54, 1.807) is 13.8 Å². The van der Waals surface area contributed by atoms with Gasteiger partial charge < -0.3 is 25.2 Å². The van der Waals surface area contributed by atoms with E-state index in [0.717, 1.165) is 11.8 Å². The first-order chi connectivity index (χ1) is 13.0. The minimum Gasteiger partial charge on any atom is -0.481 e. The van der Waals surface area contributed by atoms with Crippen molar-refractivity contribution in [2.24, 2.45) is 5.41 Å². The molecule has 1 aliphatic rings. The van der Waals surface area contributed by atoms with Crippen molar-refractivity contribution >= 4 is 41.5 Å². The van der Waals surface area contributed by atoms with Crippen LogP contribution in [0.5, 0.6) is 0 Å². The van der Waals surface area contributed by atoms with Crippen LogP contribution in [0, 0.1) is 5.41 Å². The summed E-state index contributed by atoms with van der Waals surface area (Å²) in [5.74, 6) is -3.23. The number of esters is 2. The van der Waals surface area contributed by atoms with Crippen molar-refractivity contribution in [1.82, 2.24) is 10.6 Å².